The van der Waals surface area contributed by atoms with Gasteiger partial charge in [-0.05, 0) is 31.9 Å². The molecule has 2 saturated heterocycles. The summed E-state index contributed by atoms with van der Waals surface area (Å²) in [6.07, 6.45) is 4.18. The molecule has 0 radical (unpaired) electrons. The minimum atomic E-state index is -0.227. The summed E-state index contributed by atoms with van der Waals surface area (Å²) in [5.74, 6) is 0.593. The number of nitrogens with zero attached hydrogens (tertiary/aromatic N) is 6. The lowest BCUT2D eigenvalue weighted by Gasteiger charge is -2.35. The maximum Gasteiger partial charge on any atom is 0.274 e. The largest absolute Gasteiger partial charge is 0.366 e. The van der Waals surface area contributed by atoms with Gasteiger partial charge in [-0.3, -0.25) is 4.79 Å². The zero-order valence-corrected chi connectivity index (χ0v) is 17.1. The molecular formula is C22H25FN6O. The highest BCUT2D eigenvalue weighted by Crippen LogP contribution is 2.25. The minimum Gasteiger partial charge on any atom is -0.366 e. The van der Waals surface area contributed by atoms with Gasteiger partial charge in [0.2, 0.25) is 0 Å². The number of halogens is 1. The van der Waals surface area contributed by atoms with E-state index in [0.29, 0.717) is 37.6 Å². The van der Waals surface area contributed by atoms with E-state index in [4.69, 9.17) is 4.98 Å². The number of carbonyl (C=O) groups is 1. The number of rotatable bonds is 3. The summed E-state index contributed by atoms with van der Waals surface area (Å²) >= 11 is 0. The van der Waals surface area contributed by atoms with Gasteiger partial charge < -0.3 is 14.7 Å². The molecule has 0 bridgehead atoms. The quantitative estimate of drug-likeness (QED) is 0.667. The Balaban J connectivity index is 1.35. The molecule has 7 nitrogen and oxygen atoms in total. The molecule has 2 aromatic heterocycles. The van der Waals surface area contributed by atoms with Crippen molar-refractivity contribution in [3.63, 3.8) is 0 Å². The molecule has 1 amide bonds. The lowest BCUT2D eigenvalue weighted by Crippen LogP contribution is -2.49. The van der Waals surface area contributed by atoms with Crippen LogP contribution >= 0.6 is 0 Å². The normalized spacial score (nSPS) is 17.2. The number of aryl methyl sites for hydroxylation is 1. The van der Waals surface area contributed by atoms with Crippen LogP contribution in [0.1, 0.15) is 29.0 Å². The predicted molar refractivity (Wildman–Crippen MR) is 114 cm³/mol. The van der Waals surface area contributed by atoms with Gasteiger partial charge in [-0.2, -0.15) is 5.10 Å². The van der Waals surface area contributed by atoms with Gasteiger partial charge in [0.25, 0.3) is 5.91 Å². The Kier molecular flexibility index (Phi) is 4.77. The fourth-order valence-electron chi connectivity index (χ4n) is 4.38. The van der Waals surface area contributed by atoms with E-state index in [1.807, 2.05) is 30.2 Å². The third kappa shape index (κ3) is 3.36. The molecule has 4 heterocycles. The summed E-state index contributed by atoms with van der Waals surface area (Å²) in [5.41, 5.74) is 2.78. The van der Waals surface area contributed by atoms with Crippen LogP contribution in [0.2, 0.25) is 0 Å². The van der Waals surface area contributed by atoms with Crippen molar-refractivity contribution in [2.45, 2.75) is 19.8 Å². The molecule has 0 spiro atoms. The molecule has 8 heteroatoms. The van der Waals surface area contributed by atoms with Crippen LogP contribution in [0.4, 0.5) is 15.9 Å². The number of piperazine rings is 1. The second-order valence-corrected chi connectivity index (χ2v) is 7.99. The second-order valence-electron chi connectivity index (χ2n) is 7.99. The van der Waals surface area contributed by atoms with Crippen molar-refractivity contribution < 1.29 is 9.18 Å². The maximum atomic E-state index is 14.1. The van der Waals surface area contributed by atoms with Gasteiger partial charge >= 0.3 is 0 Å². The Labute approximate surface area is 174 Å². The Morgan fingerprint density at radius 2 is 1.73 bits per heavy atom. The van der Waals surface area contributed by atoms with Crippen molar-refractivity contribution in [2.24, 2.45) is 0 Å². The monoisotopic (exact) mass is 408 g/mol. The molecular weight excluding hydrogens is 383 g/mol. The van der Waals surface area contributed by atoms with Crippen LogP contribution in [0.5, 0.6) is 0 Å². The number of aromatic nitrogens is 3. The molecule has 0 unspecified atom stereocenters. The molecule has 0 saturated carbocycles. The first kappa shape index (κ1) is 18.8. The van der Waals surface area contributed by atoms with Gasteiger partial charge in [-0.1, -0.05) is 12.1 Å². The summed E-state index contributed by atoms with van der Waals surface area (Å²) in [5, 5.41) is 4.56. The van der Waals surface area contributed by atoms with Crippen LogP contribution in [0.15, 0.2) is 36.5 Å². The summed E-state index contributed by atoms with van der Waals surface area (Å²) in [6.45, 7) is 6.19. The first-order valence-electron chi connectivity index (χ1n) is 10.5. The van der Waals surface area contributed by atoms with Crippen molar-refractivity contribution in [1.82, 2.24) is 19.5 Å². The number of hydrogen-bond donors (Lipinski definition) is 0. The Hall–Kier alpha value is -3.16. The first-order chi connectivity index (χ1) is 14.6. The van der Waals surface area contributed by atoms with Crippen molar-refractivity contribution in [2.75, 3.05) is 49.1 Å². The number of anilines is 2. The van der Waals surface area contributed by atoms with E-state index in [1.54, 1.807) is 21.5 Å². The molecule has 0 N–H and O–H groups in total. The number of benzene rings is 1. The lowest BCUT2D eigenvalue weighted by atomic mass is 10.2. The molecule has 0 atom stereocenters. The van der Waals surface area contributed by atoms with E-state index in [0.717, 1.165) is 43.0 Å². The molecule has 2 aliphatic rings. The smallest absolute Gasteiger partial charge is 0.274 e. The molecule has 156 valence electrons. The highest BCUT2D eigenvalue weighted by molar-refractivity contribution is 5.94. The molecule has 5 rings (SSSR count). The Morgan fingerprint density at radius 1 is 1.00 bits per heavy atom. The molecule has 3 aromatic rings. The van der Waals surface area contributed by atoms with E-state index in [2.05, 4.69) is 10.00 Å². The number of amides is 1. The maximum absolute atomic E-state index is 14.1. The van der Waals surface area contributed by atoms with Crippen LogP contribution in [0.3, 0.4) is 0 Å². The van der Waals surface area contributed by atoms with Crippen LogP contribution < -0.4 is 9.80 Å². The van der Waals surface area contributed by atoms with Gasteiger partial charge in [0.15, 0.2) is 11.5 Å². The molecule has 1 aromatic carbocycles. The third-order valence-corrected chi connectivity index (χ3v) is 5.94. The molecule has 0 aliphatic carbocycles. The van der Waals surface area contributed by atoms with Gasteiger partial charge in [0, 0.05) is 45.3 Å². The minimum absolute atomic E-state index is 0.0862. The highest BCUT2D eigenvalue weighted by Gasteiger charge is 2.26. The van der Waals surface area contributed by atoms with Gasteiger partial charge in [0.1, 0.15) is 11.3 Å². The lowest BCUT2D eigenvalue weighted by molar-refractivity contribution is 0.0740. The third-order valence-electron chi connectivity index (χ3n) is 5.94. The van der Waals surface area contributed by atoms with E-state index < -0.39 is 0 Å². The van der Waals surface area contributed by atoms with E-state index in [-0.39, 0.29) is 11.7 Å². The van der Waals surface area contributed by atoms with E-state index in [9.17, 15) is 9.18 Å². The van der Waals surface area contributed by atoms with Gasteiger partial charge in [0.05, 0.1) is 17.6 Å². The number of fused-ring (bicyclic) bond motifs is 1. The second kappa shape index (κ2) is 7.59. The van der Waals surface area contributed by atoms with Crippen LogP contribution in [-0.4, -0.2) is 64.7 Å². The summed E-state index contributed by atoms with van der Waals surface area (Å²) in [6, 6.07) is 8.63. The van der Waals surface area contributed by atoms with Crippen molar-refractivity contribution in [3.05, 3.63) is 53.7 Å². The molecule has 2 fully saturated rings. The summed E-state index contributed by atoms with van der Waals surface area (Å²) in [7, 11) is 0. The number of carbonyl (C=O) groups excluding carboxylic acids is 1. The highest BCUT2D eigenvalue weighted by atomic mass is 19.1. The Bertz CT molecular complexity index is 1080. The average molecular weight is 408 g/mol. The zero-order chi connectivity index (χ0) is 20.7. The van der Waals surface area contributed by atoms with Crippen LogP contribution in [0.25, 0.3) is 5.52 Å². The van der Waals surface area contributed by atoms with Gasteiger partial charge in [-0.25, -0.2) is 13.9 Å². The fraction of sp³-hybridized carbons (Fsp3) is 0.409. The number of para-hydroxylation sites is 1. The summed E-state index contributed by atoms with van der Waals surface area (Å²) < 4.78 is 15.8. The van der Waals surface area contributed by atoms with Crippen LogP contribution in [-0.2, 0) is 0 Å². The van der Waals surface area contributed by atoms with Crippen molar-refractivity contribution >= 4 is 22.9 Å². The predicted octanol–water partition coefficient (Wildman–Crippen LogP) is 2.74. The molecule has 2 aliphatic heterocycles. The van der Waals surface area contributed by atoms with Crippen molar-refractivity contribution in [3.8, 4) is 0 Å². The van der Waals surface area contributed by atoms with Crippen molar-refractivity contribution in [1.29, 1.82) is 0 Å². The molecule has 30 heavy (non-hydrogen) atoms. The van der Waals surface area contributed by atoms with E-state index in [1.165, 1.54) is 6.07 Å². The SMILES string of the molecule is Cc1cn2nc(C(=O)N3CCN(c4ccccc4F)CC3)cc2c(N2CCCC2)n1. The van der Waals surface area contributed by atoms with E-state index >= 15 is 0 Å². The fourth-order valence-corrected chi connectivity index (χ4v) is 4.38. The number of hydrogen-bond acceptors (Lipinski definition) is 5. The average Bonchev–Trinajstić information content (AvgIpc) is 3.43. The van der Waals surface area contributed by atoms with Crippen LogP contribution in [0, 0.1) is 12.7 Å². The zero-order valence-electron chi connectivity index (χ0n) is 17.1. The van der Waals surface area contributed by atoms with Gasteiger partial charge in [-0.15, -0.1) is 0 Å². The summed E-state index contributed by atoms with van der Waals surface area (Å²) in [4.78, 5) is 23.9. The topological polar surface area (TPSA) is 57.0 Å². The first-order valence-corrected chi connectivity index (χ1v) is 10.5. The Morgan fingerprint density at radius 3 is 2.47 bits per heavy atom. The standard InChI is InChI=1S/C22H25FN6O/c1-16-15-29-20(21(24-16)27-8-4-5-9-27)14-18(25-29)22(30)28-12-10-26(11-13-28)19-7-3-2-6-17(19)23/h2-3,6-7,14-15H,4-5,8-13H2,1H3.